The first kappa shape index (κ1) is 16.5. The van der Waals surface area contributed by atoms with Crippen LogP contribution in [0.2, 0.25) is 0 Å². The fourth-order valence-corrected chi connectivity index (χ4v) is 1.90. The standard InChI is InChI=1S/C16H26N2O2/c1-12(2)20-13(3)16(19)17-11-10-14-6-8-15(9-7-14)18(4)5/h6-9,12-13H,10-11H2,1-5H3,(H,17,19)/t13-/m1/s1. The van der Waals surface area contributed by atoms with Gasteiger partial charge in [-0.15, -0.1) is 0 Å². The van der Waals surface area contributed by atoms with Crippen molar-refractivity contribution >= 4 is 11.6 Å². The van der Waals surface area contributed by atoms with E-state index >= 15 is 0 Å². The van der Waals surface area contributed by atoms with Gasteiger partial charge in [0.05, 0.1) is 6.10 Å². The molecule has 112 valence electrons. The van der Waals surface area contributed by atoms with Crippen LogP contribution in [-0.2, 0) is 16.0 Å². The molecule has 0 fully saturated rings. The second kappa shape index (κ2) is 7.90. The van der Waals surface area contributed by atoms with Crippen molar-refractivity contribution in [3.63, 3.8) is 0 Å². The zero-order valence-electron chi connectivity index (χ0n) is 13.1. The number of hydrogen-bond donors (Lipinski definition) is 1. The summed E-state index contributed by atoms with van der Waals surface area (Å²) in [6.45, 7) is 6.26. The van der Waals surface area contributed by atoms with Crippen molar-refractivity contribution in [1.82, 2.24) is 5.32 Å². The number of hydrogen-bond acceptors (Lipinski definition) is 3. The van der Waals surface area contributed by atoms with E-state index in [0.717, 1.165) is 6.42 Å². The summed E-state index contributed by atoms with van der Waals surface area (Å²) < 4.78 is 5.44. The van der Waals surface area contributed by atoms with Crippen molar-refractivity contribution in [2.75, 3.05) is 25.5 Å². The van der Waals surface area contributed by atoms with E-state index in [1.54, 1.807) is 6.92 Å². The van der Waals surface area contributed by atoms with Gasteiger partial charge in [-0.25, -0.2) is 0 Å². The summed E-state index contributed by atoms with van der Waals surface area (Å²) in [4.78, 5) is 13.8. The largest absolute Gasteiger partial charge is 0.378 e. The topological polar surface area (TPSA) is 41.6 Å². The minimum atomic E-state index is -0.397. The molecular formula is C16H26N2O2. The highest BCUT2D eigenvalue weighted by Crippen LogP contribution is 2.12. The van der Waals surface area contributed by atoms with E-state index in [9.17, 15) is 4.79 Å². The molecule has 20 heavy (non-hydrogen) atoms. The van der Waals surface area contributed by atoms with E-state index < -0.39 is 6.10 Å². The van der Waals surface area contributed by atoms with Crippen molar-refractivity contribution < 1.29 is 9.53 Å². The number of anilines is 1. The smallest absolute Gasteiger partial charge is 0.248 e. The lowest BCUT2D eigenvalue weighted by Crippen LogP contribution is -2.36. The maximum absolute atomic E-state index is 11.8. The molecule has 1 amide bonds. The third kappa shape index (κ3) is 5.61. The van der Waals surface area contributed by atoms with Gasteiger partial charge in [-0.2, -0.15) is 0 Å². The van der Waals surface area contributed by atoms with Gasteiger partial charge in [0, 0.05) is 26.3 Å². The second-order valence-corrected chi connectivity index (χ2v) is 5.43. The van der Waals surface area contributed by atoms with Crippen LogP contribution in [0.1, 0.15) is 26.3 Å². The Morgan fingerprint density at radius 2 is 1.80 bits per heavy atom. The molecule has 0 aromatic heterocycles. The molecule has 0 bridgehead atoms. The Balaban J connectivity index is 2.35. The minimum Gasteiger partial charge on any atom is -0.378 e. The van der Waals surface area contributed by atoms with Gasteiger partial charge in [-0.05, 0) is 44.9 Å². The molecule has 1 rings (SSSR count). The Morgan fingerprint density at radius 1 is 1.20 bits per heavy atom. The molecule has 0 aliphatic rings. The molecule has 4 heteroatoms. The lowest BCUT2D eigenvalue weighted by atomic mass is 10.1. The molecule has 0 unspecified atom stereocenters. The maximum Gasteiger partial charge on any atom is 0.248 e. The van der Waals surface area contributed by atoms with Crippen molar-refractivity contribution in [3.8, 4) is 0 Å². The molecule has 0 spiro atoms. The molecule has 0 saturated carbocycles. The average molecular weight is 278 g/mol. The first-order valence-corrected chi connectivity index (χ1v) is 7.09. The monoisotopic (exact) mass is 278 g/mol. The van der Waals surface area contributed by atoms with Crippen LogP contribution >= 0.6 is 0 Å². The number of amides is 1. The number of carbonyl (C=O) groups excluding carboxylic acids is 1. The van der Waals surface area contributed by atoms with E-state index in [2.05, 4.69) is 34.5 Å². The van der Waals surface area contributed by atoms with Gasteiger partial charge in [-0.3, -0.25) is 4.79 Å². The van der Waals surface area contributed by atoms with Gasteiger partial charge < -0.3 is 15.0 Å². The van der Waals surface area contributed by atoms with Crippen LogP contribution in [0.3, 0.4) is 0 Å². The van der Waals surface area contributed by atoms with Gasteiger partial charge in [0.2, 0.25) is 5.91 Å². The normalized spacial score (nSPS) is 12.3. The van der Waals surface area contributed by atoms with Crippen molar-refractivity contribution in [1.29, 1.82) is 0 Å². The number of carbonyl (C=O) groups is 1. The van der Waals surface area contributed by atoms with Crippen LogP contribution in [0.15, 0.2) is 24.3 Å². The van der Waals surface area contributed by atoms with E-state index in [4.69, 9.17) is 4.74 Å². The van der Waals surface area contributed by atoms with Gasteiger partial charge in [0.15, 0.2) is 0 Å². The summed E-state index contributed by atoms with van der Waals surface area (Å²) in [5.74, 6) is -0.0522. The molecule has 0 aliphatic heterocycles. The van der Waals surface area contributed by atoms with Crippen LogP contribution in [0.4, 0.5) is 5.69 Å². The third-order valence-corrected chi connectivity index (χ3v) is 3.01. The third-order valence-electron chi connectivity index (χ3n) is 3.01. The van der Waals surface area contributed by atoms with Crippen LogP contribution in [0.25, 0.3) is 0 Å². The fourth-order valence-electron chi connectivity index (χ4n) is 1.90. The minimum absolute atomic E-state index is 0.0522. The predicted octanol–water partition coefficient (Wildman–Crippen LogP) is 2.22. The molecule has 4 nitrogen and oxygen atoms in total. The van der Waals surface area contributed by atoms with Gasteiger partial charge in [-0.1, -0.05) is 12.1 Å². The molecule has 1 N–H and O–H groups in total. The Morgan fingerprint density at radius 3 is 2.30 bits per heavy atom. The van der Waals surface area contributed by atoms with Crippen LogP contribution in [-0.4, -0.2) is 38.8 Å². The van der Waals surface area contributed by atoms with E-state index in [1.807, 2.05) is 27.9 Å². The first-order chi connectivity index (χ1) is 9.40. The van der Waals surface area contributed by atoms with Crippen LogP contribution in [0.5, 0.6) is 0 Å². The molecule has 1 atom stereocenters. The molecule has 0 radical (unpaired) electrons. The quantitative estimate of drug-likeness (QED) is 0.831. The molecule has 0 heterocycles. The first-order valence-electron chi connectivity index (χ1n) is 7.09. The molecular weight excluding hydrogens is 252 g/mol. The maximum atomic E-state index is 11.8. The van der Waals surface area contributed by atoms with Gasteiger partial charge in [0.25, 0.3) is 0 Å². The van der Waals surface area contributed by atoms with Crippen LogP contribution < -0.4 is 10.2 Å². The van der Waals surface area contributed by atoms with Crippen molar-refractivity contribution in [2.24, 2.45) is 0 Å². The summed E-state index contributed by atoms with van der Waals surface area (Å²) in [6, 6.07) is 8.36. The Labute approximate surface area is 122 Å². The average Bonchev–Trinajstić information content (AvgIpc) is 2.38. The Bertz CT molecular complexity index is 413. The molecule has 0 aliphatic carbocycles. The summed E-state index contributed by atoms with van der Waals surface area (Å²) in [6.07, 6.45) is 0.494. The van der Waals surface area contributed by atoms with Gasteiger partial charge >= 0.3 is 0 Å². The van der Waals surface area contributed by atoms with E-state index in [0.29, 0.717) is 6.54 Å². The Kier molecular flexibility index (Phi) is 6.52. The summed E-state index contributed by atoms with van der Waals surface area (Å²) in [5.41, 5.74) is 2.39. The fraction of sp³-hybridized carbons (Fsp3) is 0.562. The number of nitrogens with zero attached hydrogens (tertiary/aromatic N) is 1. The number of ether oxygens (including phenoxy) is 1. The molecule has 1 aromatic rings. The van der Waals surface area contributed by atoms with Crippen LogP contribution in [0, 0.1) is 0 Å². The zero-order valence-corrected chi connectivity index (χ0v) is 13.1. The van der Waals surface area contributed by atoms with E-state index in [-0.39, 0.29) is 12.0 Å². The zero-order chi connectivity index (χ0) is 15.1. The van der Waals surface area contributed by atoms with Gasteiger partial charge in [0.1, 0.15) is 6.10 Å². The van der Waals surface area contributed by atoms with Crippen molar-refractivity contribution in [2.45, 2.75) is 39.4 Å². The second-order valence-electron chi connectivity index (χ2n) is 5.43. The molecule has 1 aromatic carbocycles. The summed E-state index contributed by atoms with van der Waals surface area (Å²) in [5, 5.41) is 2.90. The van der Waals surface area contributed by atoms with Crippen molar-refractivity contribution in [3.05, 3.63) is 29.8 Å². The molecule has 0 saturated heterocycles. The summed E-state index contributed by atoms with van der Waals surface area (Å²) in [7, 11) is 4.04. The highest BCUT2D eigenvalue weighted by atomic mass is 16.5. The lowest BCUT2D eigenvalue weighted by molar-refractivity contribution is -0.134. The summed E-state index contributed by atoms with van der Waals surface area (Å²) >= 11 is 0. The lowest BCUT2D eigenvalue weighted by Gasteiger charge is -2.16. The number of rotatable bonds is 7. The van der Waals surface area contributed by atoms with E-state index in [1.165, 1.54) is 11.3 Å². The SMILES string of the molecule is CC(C)O[C@H](C)C(=O)NCCc1ccc(N(C)C)cc1. The number of benzene rings is 1. The Hall–Kier alpha value is -1.55. The highest BCUT2D eigenvalue weighted by molar-refractivity contribution is 5.80. The number of nitrogens with one attached hydrogen (secondary N) is 1. The predicted molar refractivity (Wildman–Crippen MR) is 83.2 cm³/mol. The highest BCUT2D eigenvalue weighted by Gasteiger charge is 2.13.